The molecular formula is C14H13FO3. The summed E-state index contributed by atoms with van der Waals surface area (Å²) >= 11 is 0. The maximum atomic E-state index is 13.2. The molecule has 0 aliphatic carbocycles. The topological polar surface area (TPSA) is 27.7 Å². The second kappa shape index (κ2) is 5.40. The predicted molar refractivity (Wildman–Crippen MR) is 66.0 cm³/mol. The summed E-state index contributed by atoms with van der Waals surface area (Å²) in [5, 5.41) is 0. The summed E-state index contributed by atoms with van der Waals surface area (Å²) in [5.41, 5.74) is 0. The SMILES string of the molecule is COc1ccccc1Oc1cc(F)ccc1OC. The van der Waals surface area contributed by atoms with Crippen LogP contribution in [0.1, 0.15) is 0 Å². The molecule has 4 heteroatoms. The third kappa shape index (κ3) is 2.53. The Kier molecular flexibility index (Phi) is 3.67. The Hall–Kier alpha value is -2.23. The molecule has 3 nitrogen and oxygen atoms in total. The first kappa shape index (κ1) is 12.2. The van der Waals surface area contributed by atoms with Crippen LogP contribution in [0.4, 0.5) is 4.39 Å². The molecule has 0 radical (unpaired) electrons. The Labute approximate surface area is 105 Å². The fourth-order valence-corrected chi connectivity index (χ4v) is 1.55. The van der Waals surface area contributed by atoms with Gasteiger partial charge in [-0.2, -0.15) is 0 Å². The van der Waals surface area contributed by atoms with Gasteiger partial charge in [0.2, 0.25) is 0 Å². The second-order valence-electron chi connectivity index (χ2n) is 3.55. The average Bonchev–Trinajstić information content (AvgIpc) is 2.40. The van der Waals surface area contributed by atoms with Crippen molar-refractivity contribution in [2.24, 2.45) is 0 Å². The maximum absolute atomic E-state index is 13.2. The average molecular weight is 248 g/mol. The number of halogens is 1. The molecule has 0 N–H and O–H groups in total. The van der Waals surface area contributed by atoms with Crippen molar-refractivity contribution in [1.82, 2.24) is 0 Å². The highest BCUT2D eigenvalue weighted by Crippen LogP contribution is 2.36. The zero-order valence-electron chi connectivity index (χ0n) is 10.1. The van der Waals surface area contributed by atoms with Crippen molar-refractivity contribution in [3.63, 3.8) is 0 Å². The first-order valence-electron chi connectivity index (χ1n) is 5.39. The molecule has 0 saturated carbocycles. The quantitative estimate of drug-likeness (QED) is 0.826. The van der Waals surface area contributed by atoms with Crippen LogP contribution in [0.5, 0.6) is 23.0 Å². The Morgan fingerprint density at radius 3 is 2.06 bits per heavy atom. The van der Waals surface area contributed by atoms with Gasteiger partial charge >= 0.3 is 0 Å². The van der Waals surface area contributed by atoms with Gasteiger partial charge < -0.3 is 14.2 Å². The Balaban J connectivity index is 2.36. The van der Waals surface area contributed by atoms with Gasteiger partial charge in [-0.15, -0.1) is 0 Å². The van der Waals surface area contributed by atoms with E-state index in [9.17, 15) is 4.39 Å². The molecule has 2 aromatic carbocycles. The zero-order valence-corrected chi connectivity index (χ0v) is 10.1. The summed E-state index contributed by atoms with van der Waals surface area (Å²) in [6.45, 7) is 0. The molecule has 0 unspecified atom stereocenters. The molecule has 0 bridgehead atoms. The summed E-state index contributed by atoms with van der Waals surface area (Å²) in [6.07, 6.45) is 0. The highest BCUT2D eigenvalue weighted by atomic mass is 19.1. The van der Waals surface area contributed by atoms with Crippen molar-refractivity contribution in [2.75, 3.05) is 14.2 Å². The molecule has 0 aliphatic heterocycles. The van der Waals surface area contributed by atoms with E-state index >= 15 is 0 Å². The molecule has 0 saturated heterocycles. The van der Waals surface area contributed by atoms with Crippen LogP contribution in [0.15, 0.2) is 42.5 Å². The Bertz CT molecular complexity index is 540. The van der Waals surface area contributed by atoms with E-state index in [2.05, 4.69) is 0 Å². The minimum absolute atomic E-state index is 0.307. The molecule has 18 heavy (non-hydrogen) atoms. The van der Waals surface area contributed by atoms with Crippen molar-refractivity contribution in [1.29, 1.82) is 0 Å². The number of benzene rings is 2. The lowest BCUT2D eigenvalue weighted by Gasteiger charge is -2.12. The van der Waals surface area contributed by atoms with Crippen LogP contribution < -0.4 is 14.2 Å². The molecule has 0 atom stereocenters. The highest BCUT2D eigenvalue weighted by molar-refractivity contribution is 5.47. The fourth-order valence-electron chi connectivity index (χ4n) is 1.55. The largest absolute Gasteiger partial charge is 0.493 e. The summed E-state index contributed by atoms with van der Waals surface area (Å²) in [7, 11) is 3.05. The molecule has 94 valence electrons. The van der Waals surface area contributed by atoms with Crippen LogP contribution in [0.2, 0.25) is 0 Å². The van der Waals surface area contributed by atoms with Crippen molar-refractivity contribution < 1.29 is 18.6 Å². The lowest BCUT2D eigenvalue weighted by molar-refractivity contribution is 0.355. The predicted octanol–water partition coefficient (Wildman–Crippen LogP) is 3.64. The van der Waals surface area contributed by atoms with Gasteiger partial charge in [-0.05, 0) is 24.3 Å². The molecule has 0 aromatic heterocycles. The number of methoxy groups -OCH3 is 2. The van der Waals surface area contributed by atoms with Crippen LogP contribution in [0.25, 0.3) is 0 Å². The first-order valence-corrected chi connectivity index (χ1v) is 5.39. The number of para-hydroxylation sites is 2. The van der Waals surface area contributed by atoms with Gasteiger partial charge in [-0.3, -0.25) is 0 Å². The number of ether oxygens (including phenoxy) is 3. The molecular weight excluding hydrogens is 235 g/mol. The van der Waals surface area contributed by atoms with Crippen LogP contribution in [-0.4, -0.2) is 14.2 Å². The smallest absolute Gasteiger partial charge is 0.172 e. The standard InChI is InChI=1S/C14H13FO3/c1-16-11-5-3-4-6-13(11)18-14-9-10(15)7-8-12(14)17-2/h3-9H,1-2H3. The normalized spacial score (nSPS) is 9.94. The van der Waals surface area contributed by atoms with E-state index < -0.39 is 0 Å². The van der Waals surface area contributed by atoms with E-state index in [1.54, 1.807) is 19.2 Å². The maximum Gasteiger partial charge on any atom is 0.172 e. The monoisotopic (exact) mass is 248 g/mol. The summed E-state index contributed by atoms with van der Waals surface area (Å²) in [6, 6.07) is 11.2. The van der Waals surface area contributed by atoms with E-state index in [-0.39, 0.29) is 5.82 Å². The van der Waals surface area contributed by atoms with Gasteiger partial charge in [-0.1, -0.05) is 12.1 Å². The van der Waals surface area contributed by atoms with Crippen molar-refractivity contribution >= 4 is 0 Å². The summed E-state index contributed by atoms with van der Waals surface area (Å²) in [4.78, 5) is 0. The van der Waals surface area contributed by atoms with Crippen LogP contribution >= 0.6 is 0 Å². The molecule has 2 rings (SSSR count). The van der Waals surface area contributed by atoms with Gasteiger partial charge in [0.05, 0.1) is 14.2 Å². The number of rotatable bonds is 4. The van der Waals surface area contributed by atoms with Crippen molar-refractivity contribution in [3.8, 4) is 23.0 Å². The third-order valence-electron chi connectivity index (χ3n) is 2.41. The zero-order chi connectivity index (χ0) is 13.0. The van der Waals surface area contributed by atoms with Gasteiger partial charge in [0.15, 0.2) is 23.0 Å². The van der Waals surface area contributed by atoms with Crippen molar-refractivity contribution in [3.05, 3.63) is 48.3 Å². The van der Waals surface area contributed by atoms with Crippen LogP contribution in [0.3, 0.4) is 0 Å². The van der Waals surface area contributed by atoms with Crippen LogP contribution in [0, 0.1) is 5.82 Å². The molecule has 0 fully saturated rings. The Morgan fingerprint density at radius 2 is 1.39 bits per heavy atom. The molecule has 0 amide bonds. The van der Waals surface area contributed by atoms with E-state index in [0.717, 1.165) is 0 Å². The molecule has 2 aromatic rings. The third-order valence-corrected chi connectivity index (χ3v) is 2.41. The summed E-state index contributed by atoms with van der Waals surface area (Å²) < 4.78 is 29.1. The lowest BCUT2D eigenvalue weighted by Crippen LogP contribution is -1.93. The van der Waals surface area contributed by atoms with E-state index in [4.69, 9.17) is 14.2 Å². The number of hydrogen-bond acceptors (Lipinski definition) is 3. The van der Waals surface area contributed by atoms with E-state index in [0.29, 0.717) is 23.0 Å². The molecule has 0 heterocycles. The lowest BCUT2D eigenvalue weighted by atomic mass is 10.3. The van der Waals surface area contributed by atoms with Gasteiger partial charge in [-0.25, -0.2) is 4.39 Å². The van der Waals surface area contributed by atoms with Gasteiger partial charge in [0.1, 0.15) is 5.82 Å². The molecule has 0 aliphatic rings. The van der Waals surface area contributed by atoms with E-state index in [1.807, 2.05) is 12.1 Å². The summed E-state index contributed by atoms with van der Waals surface area (Å²) in [5.74, 6) is 1.46. The Morgan fingerprint density at radius 1 is 0.778 bits per heavy atom. The molecule has 0 spiro atoms. The number of hydrogen-bond donors (Lipinski definition) is 0. The van der Waals surface area contributed by atoms with E-state index in [1.165, 1.54) is 25.3 Å². The van der Waals surface area contributed by atoms with Crippen molar-refractivity contribution in [2.45, 2.75) is 0 Å². The fraction of sp³-hybridized carbons (Fsp3) is 0.143. The van der Waals surface area contributed by atoms with Gasteiger partial charge in [0.25, 0.3) is 0 Å². The second-order valence-corrected chi connectivity index (χ2v) is 3.55. The highest BCUT2D eigenvalue weighted by Gasteiger charge is 2.10. The minimum atomic E-state index is -0.388. The van der Waals surface area contributed by atoms with Gasteiger partial charge in [0, 0.05) is 6.07 Å². The van der Waals surface area contributed by atoms with Crippen LogP contribution in [-0.2, 0) is 0 Å². The minimum Gasteiger partial charge on any atom is -0.493 e. The first-order chi connectivity index (χ1) is 8.74.